The van der Waals surface area contributed by atoms with E-state index in [2.05, 4.69) is 19.9 Å². The molecular weight excluding hydrogens is 148 g/mol. The van der Waals surface area contributed by atoms with E-state index in [1.54, 1.807) is 0 Å². The summed E-state index contributed by atoms with van der Waals surface area (Å²) in [5.41, 5.74) is 5.84. The quantitative estimate of drug-likeness (QED) is 0.697. The first-order valence-electron chi connectivity index (χ1n) is 4.77. The molecule has 0 radical (unpaired) electrons. The van der Waals surface area contributed by atoms with Crippen LogP contribution < -0.4 is 5.73 Å². The molecule has 1 fully saturated rings. The first kappa shape index (κ1) is 9.54. The van der Waals surface area contributed by atoms with Gasteiger partial charge in [0, 0.05) is 6.04 Å². The van der Waals surface area contributed by atoms with Gasteiger partial charge in [-0.1, -0.05) is 20.3 Å². The number of nitriles is 1. The van der Waals surface area contributed by atoms with Crippen LogP contribution in [0.1, 0.15) is 39.5 Å². The number of hydrogen-bond donors (Lipinski definition) is 1. The Balaban J connectivity index is 2.50. The van der Waals surface area contributed by atoms with E-state index in [1.807, 2.05) is 0 Å². The molecule has 2 nitrogen and oxygen atoms in total. The van der Waals surface area contributed by atoms with Gasteiger partial charge in [0.25, 0.3) is 0 Å². The van der Waals surface area contributed by atoms with E-state index < -0.39 is 0 Å². The van der Waals surface area contributed by atoms with Crippen LogP contribution in [0.2, 0.25) is 0 Å². The lowest BCUT2D eigenvalue weighted by molar-refractivity contribution is 0.153. The van der Waals surface area contributed by atoms with E-state index in [-0.39, 0.29) is 11.5 Å². The van der Waals surface area contributed by atoms with Crippen molar-refractivity contribution in [2.45, 2.75) is 45.6 Å². The minimum Gasteiger partial charge on any atom is -0.326 e. The highest BCUT2D eigenvalue weighted by atomic mass is 14.7. The summed E-state index contributed by atoms with van der Waals surface area (Å²) in [5.74, 6) is 0.603. The smallest absolute Gasteiger partial charge is 0.0724 e. The SMILES string of the molecule is CC(C)CC(N)C1(C#N)CCC1. The Labute approximate surface area is 74.8 Å². The van der Waals surface area contributed by atoms with Gasteiger partial charge in [-0.05, 0) is 25.2 Å². The molecule has 1 saturated carbocycles. The fourth-order valence-electron chi connectivity index (χ4n) is 1.86. The fraction of sp³-hybridized carbons (Fsp3) is 0.900. The Morgan fingerprint density at radius 1 is 1.50 bits per heavy atom. The zero-order valence-corrected chi connectivity index (χ0v) is 8.01. The van der Waals surface area contributed by atoms with Gasteiger partial charge in [-0.2, -0.15) is 5.26 Å². The lowest BCUT2D eigenvalue weighted by atomic mass is 9.64. The molecule has 0 amide bonds. The molecule has 2 heteroatoms. The Bertz CT molecular complexity index is 187. The Morgan fingerprint density at radius 2 is 2.08 bits per heavy atom. The lowest BCUT2D eigenvalue weighted by Gasteiger charge is -2.40. The molecule has 0 aromatic carbocycles. The third-order valence-electron chi connectivity index (χ3n) is 2.90. The van der Waals surface area contributed by atoms with Gasteiger partial charge in [0.15, 0.2) is 0 Å². The molecule has 0 heterocycles. The summed E-state index contributed by atoms with van der Waals surface area (Å²) in [6.07, 6.45) is 4.18. The summed E-state index contributed by atoms with van der Waals surface area (Å²) in [6, 6.07) is 2.49. The number of nitrogens with two attached hydrogens (primary N) is 1. The van der Waals surface area contributed by atoms with Crippen LogP contribution in [-0.2, 0) is 0 Å². The summed E-state index contributed by atoms with van der Waals surface area (Å²) in [4.78, 5) is 0. The van der Waals surface area contributed by atoms with E-state index in [0.717, 1.165) is 19.3 Å². The van der Waals surface area contributed by atoms with Gasteiger partial charge in [-0.3, -0.25) is 0 Å². The van der Waals surface area contributed by atoms with Crippen LogP contribution >= 0.6 is 0 Å². The zero-order valence-electron chi connectivity index (χ0n) is 8.01. The number of rotatable bonds is 3. The predicted octanol–water partition coefficient (Wildman–Crippen LogP) is 2.05. The van der Waals surface area contributed by atoms with Gasteiger partial charge in [0.2, 0.25) is 0 Å². The van der Waals surface area contributed by atoms with Crippen molar-refractivity contribution >= 4 is 0 Å². The van der Waals surface area contributed by atoms with E-state index in [1.165, 1.54) is 6.42 Å². The molecular formula is C10H18N2. The standard InChI is InChI=1S/C10H18N2/c1-8(2)6-9(12)10(7-11)4-3-5-10/h8-9H,3-6,12H2,1-2H3. The molecule has 2 N–H and O–H groups in total. The third-order valence-corrected chi connectivity index (χ3v) is 2.90. The molecule has 0 saturated heterocycles. The monoisotopic (exact) mass is 166 g/mol. The van der Waals surface area contributed by atoms with Gasteiger partial charge < -0.3 is 5.73 Å². The van der Waals surface area contributed by atoms with E-state index >= 15 is 0 Å². The van der Waals surface area contributed by atoms with Crippen molar-refractivity contribution in [3.8, 4) is 6.07 Å². The highest BCUT2D eigenvalue weighted by molar-refractivity contribution is 5.10. The highest BCUT2D eigenvalue weighted by Gasteiger charge is 2.42. The summed E-state index contributed by atoms with van der Waals surface area (Å²) in [7, 11) is 0. The second kappa shape index (κ2) is 3.45. The van der Waals surface area contributed by atoms with E-state index in [9.17, 15) is 0 Å². The molecule has 1 atom stereocenters. The molecule has 1 rings (SSSR count). The molecule has 12 heavy (non-hydrogen) atoms. The van der Waals surface area contributed by atoms with Gasteiger partial charge in [-0.25, -0.2) is 0 Å². The molecule has 1 unspecified atom stereocenters. The van der Waals surface area contributed by atoms with Gasteiger partial charge in [-0.15, -0.1) is 0 Å². The van der Waals surface area contributed by atoms with Crippen molar-refractivity contribution in [2.75, 3.05) is 0 Å². The van der Waals surface area contributed by atoms with Crippen molar-refractivity contribution in [1.29, 1.82) is 5.26 Å². The molecule has 1 aliphatic rings. The van der Waals surface area contributed by atoms with Crippen molar-refractivity contribution in [1.82, 2.24) is 0 Å². The van der Waals surface area contributed by atoms with Crippen LogP contribution in [0.4, 0.5) is 0 Å². The van der Waals surface area contributed by atoms with Crippen LogP contribution in [0.3, 0.4) is 0 Å². The first-order valence-corrected chi connectivity index (χ1v) is 4.77. The van der Waals surface area contributed by atoms with Crippen molar-refractivity contribution < 1.29 is 0 Å². The van der Waals surface area contributed by atoms with Crippen LogP contribution in [-0.4, -0.2) is 6.04 Å². The molecule has 68 valence electrons. The van der Waals surface area contributed by atoms with E-state index in [4.69, 9.17) is 11.0 Å². The molecule has 0 spiro atoms. The van der Waals surface area contributed by atoms with Crippen molar-refractivity contribution in [3.05, 3.63) is 0 Å². The van der Waals surface area contributed by atoms with Gasteiger partial charge in [0.1, 0.15) is 0 Å². The Morgan fingerprint density at radius 3 is 2.33 bits per heavy atom. The third kappa shape index (κ3) is 1.61. The molecule has 1 aliphatic carbocycles. The summed E-state index contributed by atoms with van der Waals surface area (Å²) in [5, 5.41) is 8.99. The largest absolute Gasteiger partial charge is 0.326 e. The minimum absolute atomic E-state index is 0.0937. The zero-order chi connectivity index (χ0) is 9.19. The number of nitrogens with zero attached hydrogens (tertiary/aromatic N) is 1. The fourth-order valence-corrected chi connectivity index (χ4v) is 1.86. The summed E-state index contributed by atoms with van der Waals surface area (Å²) < 4.78 is 0. The first-order chi connectivity index (χ1) is 5.60. The molecule has 0 bridgehead atoms. The van der Waals surface area contributed by atoms with Gasteiger partial charge >= 0.3 is 0 Å². The molecule has 0 aliphatic heterocycles. The minimum atomic E-state index is -0.162. The second-order valence-electron chi connectivity index (χ2n) is 4.36. The van der Waals surface area contributed by atoms with Crippen LogP contribution in [0.5, 0.6) is 0 Å². The molecule has 0 aromatic rings. The molecule has 0 aromatic heterocycles. The maximum absolute atomic E-state index is 8.99. The predicted molar refractivity (Wildman–Crippen MR) is 49.3 cm³/mol. The average molecular weight is 166 g/mol. The normalized spacial score (nSPS) is 22.9. The van der Waals surface area contributed by atoms with Crippen LogP contribution in [0.15, 0.2) is 0 Å². The maximum atomic E-state index is 8.99. The van der Waals surface area contributed by atoms with Crippen molar-refractivity contribution in [3.63, 3.8) is 0 Å². The topological polar surface area (TPSA) is 49.8 Å². The van der Waals surface area contributed by atoms with Crippen molar-refractivity contribution in [2.24, 2.45) is 17.1 Å². The summed E-state index contributed by atoms with van der Waals surface area (Å²) in [6.45, 7) is 4.31. The summed E-state index contributed by atoms with van der Waals surface area (Å²) >= 11 is 0. The highest BCUT2D eigenvalue weighted by Crippen LogP contribution is 2.43. The van der Waals surface area contributed by atoms with Gasteiger partial charge in [0.05, 0.1) is 11.5 Å². The van der Waals surface area contributed by atoms with Crippen LogP contribution in [0, 0.1) is 22.7 Å². The Hall–Kier alpha value is -0.550. The maximum Gasteiger partial charge on any atom is 0.0724 e. The van der Waals surface area contributed by atoms with E-state index in [0.29, 0.717) is 5.92 Å². The average Bonchev–Trinajstić information content (AvgIpc) is 1.83. The Kier molecular flexibility index (Phi) is 2.74. The lowest BCUT2D eigenvalue weighted by Crippen LogP contribution is -2.46. The number of hydrogen-bond acceptors (Lipinski definition) is 2. The second-order valence-corrected chi connectivity index (χ2v) is 4.36. The van der Waals surface area contributed by atoms with Crippen LogP contribution in [0.25, 0.3) is 0 Å².